The van der Waals surface area contributed by atoms with Crippen molar-refractivity contribution >= 4 is 28.1 Å². The van der Waals surface area contributed by atoms with Crippen molar-refractivity contribution in [1.29, 1.82) is 0 Å². The number of thiazole rings is 1. The molecular weight excluding hydrogens is 342 g/mol. The Kier molecular flexibility index (Phi) is 5.23. The summed E-state index contributed by atoms with van der Waals surface area (Å²) in [6.07, 6.45) is 5.83. The van der Waals surface area contributed by atoms with Crippen molar-refractivity contribution in [3.63, 3.8) is 0 Å². The number of nitrogens with one attached hydrogen (secondary N) is 1. The molecule has 5 nitrogen and oxygen atoms in total. The highest BCUT2D eigenvalue weighted by molar-refractivity contribution is 7.14. The molecular formula is C20H25N5S. The zero-order chi connectivity index (χ0) is 18.8. The fourth-order valence-corrected chi connectivity index (χ4v) is 3.59. The van der Waals surface area contributed by atoms with E-state index in [1.807, 2.05) is 30.8 Å². The number of rotatable bonds is 6. The Balaban J connectivity index is 2.18. The molecule has 0 aromatic carbocycles. The average Bonchev–Trinajstić information content (AvgIpc) is 3.19. The average molecular weight is 368 g/mol. The Bertz CT molecular complexity index is 978. The molecule has 1 N–H and O–H groups in total. The second-order valence-corrected chi connectivity index (χ2v) is 7.81. The number of aryl methyl sites for hydroxylation is 2. The summed E-state index contributed by atoms with van der Waals surface area (Å²) in [5.74, 6) is 0. The third-order valence-electron chi connectivity index (χ3n) is 4.27. The molecule has 0 radical (unpaired) electrons. The molecule has 26 heavy (non-hydrogen) atoms. The third-order valence-corrected chi connectivity index (χ3v) is 5.20. The molecule has 3 heterocycles. The first-order valence-corrected chi connectivity index (χ1v) is 9.60. The van der Waals surface area contributed by atoms with E-state index in [1.165, 1.54) is 4.88 Å². The Morgan fingerprint density at radius 3 is 2.73 bits per heavy atom. The smallest absolute Gasteiger partial charge is 0.142 e. The van der Waals surface area contributed by atoms with Gasteiger partial charge in [0.05, 0.1) is 11.4 Å². The van der Waals surface area contributed by atoms with Crippen LogP contribution in [-0.2, 0) is 0 Å². The molecule has 0 saturated heterocycles. The summed E-state index contributed by atoms with van der Waals surface area (Å²) in [5, 5.41) is 9.20. The highest BCUT2D eigenvalue weighted by Gasteiger charge is 2.18. The maximum Gasteiger partial charge on any atom is 0.142 e. The molecule has 3 aromatic heterocycles. The van der Waals surface area contributed by atoms with E-state index in [0.29, 0.717) is 6.54 Å². The predicted octanol–water partition coefficient (Wildman–Crippen LogP) is 5.30. The quantitative estimate of drug-likeness (QED) is 0.601. The molecule has 0 aliphatic heterocycles. The summed E-state index contributed by atoms with van der Waals surface area (Å²) in [6, 6.07) is 2.33. The number of hydrogen-bond donors (Lipinski definition) is 1. The van der Waals surface area contributed by atoms with Gasteiger partial charge in [-0.15, -0.1) is 11.3 Å². The lowest BCUT2D eigenvalue weighted by molar-refractivity contribution is 0.547. The van der Waals surface area contributed by atoms with Gasteiger partial charge in [-0.25, -0.2) is 9.97 Å². The zero-order valence-corrected chi connectivity index (χ0v) is 16.8. The molecule has 136 valence electrons. The molecule has 0 fully saturated rings. The van der Waals surface area contributed by atoms with E-state index in [9.17, 15) is 0 Å². The summed E-state index contributed by atoms with van der Waals surface area (Å²) in [5.41, 5.74) is 5.94. The van der Waals surface area contributed by atoms with Crippen molar-refractivity contribution in [2.45, 2.75) is 40.7 Å². The SMILES string of the molecule is C=C/C(=C\C)CNc1cc(-c2ncc(C)s2)nc2c(C)nn(C(C)C)c12. The van der Waals surface area contributed by atoms with Crippen LogP contribution in [0.1, 0.15) is 37.4 Å². The van der Waals surface area contributed by atoms with Gasteiger partial charge in [-0.05, 0) is 46.3 Å². The van der Waals surface area contributed by atoms with Gasteiger partial charge < -0.3 is 5.32 Å². The first-order chi connectivity index (χ1) is 12.4. The first kappa shape index (κ1) is 18.3. The van der Waals surface area contributed by atoms with E-state index >= 15 is 0 Å². The molecule has 0 amide bonds. The van der Waals surface area contributed by atoms with E-state index in [0.717, 1.165) is 38.7 Å². The van der Waals surface area contributed by atoms with Crippen LogP contribution in [0.25, 0.3) is 21.7 Å². The molecule has 0 aliphatic carbocycles. The molecule has 3 rings (SSSR count). The molecule has 3 aromatic rings. The van der Waals surface area contributed by atoms with Crippen molar-refractivity contribution in [1.82, 2.24) is 19.7 Å². The van der Waals surface area contributed by atoms with Gasteiger partial charge >= 0.3 is 0 Å². The summed E-state index contributed by atoms with van der Waals surface area (Å²) in [6.45, 7) is 14.9. The normalized spacial score (nSPS) is 12.2. The van der Waals surface area contributed by atoms with Gasteiger partial charge in [-0.2, -0.15) is 5.10 Å². The van der Waals surface area contributed by atoms with Crippen LogP contribution in [0, 0.1) is 13.8 Å². The number of anilines is 1. The fourth-order valence-electron chi connectivity index (χ4n) is 2.86. The van der Waals surface area contributed by atoms with Crippen LogP contribution in [-0.4, -0.2) is 26.3 Å². The van der Waals surface area contributed by atoms with Gasteiger partial charge in [0.25, 0.3) is 0 Å². The number of fused-ring (bicyclic) bond motifs is 1. The minimum absolute atomic E-state index is 0.252. The molecule has 6 heteroatoms. The lowest BCUT2D eigenvalue weighted by Gasteiger charge is -2.14. The maximum atomic E-state index is 4.88. The maximum absolute atomic E-state index is 4.88. The van der Waals surface area contributed by atoms with Crippen LogP contribution in [0.5, 0.6) is 0 Å². The van der Waals surface area contributed by atoms with Crippen molar-refractivity contribution in [3.05, 3.63) is 47.1 Å². The highest BCUT2D eigenvalue weighted by Crippen LogP contribution is 2.33. The van der Waals surface area contributed by atoms with E-state index < -0.39 is 0 Å². The van der Waals surface area contributed by atoms with E-state index in [2.05, 4.69) is 49.8 Å². The van der Waals surface area contributed by atoms with Crippen molar-refractivity contribution in [2.75, 3.05) is 11.9 Å². The standard InChI is InChI=1S/C20H25N5S/c1-7-15(8-2)11-21-16-9-17(20-22-10-13(5)26-20)23-18-14(6)24-25(12(3)4)19(16)18/h7-10,12H,1,11H2,2-6H3,(H,21,23)/b15-8+. The van der Waals surface area contributed by atoms with Crippen LogP contribution in [0.15, 0.2) is 36.6 Å². The minimum atomic E-state index is 0.252. The molecule has 0 spiro atoms. The fraction of sp³-hybridized carbons (Fsp3) is 0.350. The summed E-state index contributed by atoms with van der Waals surface area (Å²) in [4.78, 5) is 10.6. The number of pyridine rings is 1. The Morgan fingerprint density at radius 2 is 2.15 bits per heavy atom. The topological polar surface area (TPSA) is 55.6 Å². The summed E-state index contributed by atoms with van der Waals surface area (Å²) in [7, 11) is 0. The molecule has 0 unspecified atom stereocenters. The first-order valence-electron chi connectivity index (χ1n) is 8.78. The Morgan fingerprint density at radius 1 is 1.38 bits per heavy atom. The van der Waals surface area contributed by atoms with Gasteiger partial charge in [0, 0.05) is 23.7 Å². The lowest BCUT2D eigenvalue weighted by Crippen LogP contribution is -2.08. The van der Waals surface area contributed by atoms with Crippen molar-refractivity contribution in [2.24, 2.45) is 0 Å². The Hall–Kier alpha value is -2.47. The molecule has 0 atom stereocenters. The van der Waals surface area contributed by atoms with Crippen LogP contribution in [0.4, 0.5) is 5.69 Å². The van der Waals surface area contributed by atoms with Gasteiger partial charge in [0.15, 0.2) is 0 Å². The largest absolute Gasteiger partial charge is 0.379 e. The van der Waals surface area contributed by atoms with Crippen molar-refractivity contribution < 1.29 is 0 Å². The second kappa shape index (κ2) is 7.41. The zero-order valence-electron chi connectivity index (χ0n) is 16.0. The van der Waals surface area contributed by atoms with Gasteiger partial charge in [0.1, 0.15) is 21.7 Å². The van der Waals surface area contributed by atoms with Crippen molar-refractivity contribution in [3.8, 4) is 10.7 Å². The summed E-state index contributed by atoms with van der Waals surface area (Å²) >= 11 is 1.65. The minimum Gasteiger partial charge on any atom is -0.379 e. The number of aromatic nitrogens is 4. The molecule has 0 bridgehead atoms. The molecule has 0 aliphatic rings. The monoisotopic (exact) mass is 367 g/mol. The van der Waals surface area contributed by atoms with Gasteiger partial charge in [0.2, 0.25) is 0 Å². The van der Waals surface area contributed by atoms with Gasteiger partial charge in [-0.3, -0.25) is 4.68 Å². The lowest BCUT2D eigenvalue weighted by atomic mass is 10.2. The van der Waals surface area contributed by atoms with Crippen LogP contribution in [0.2, 0.25) is 0 Å². The van der Waals surface area contributed by atoms with E-state index in [1.54, 1.807) is 11.3 Å². The Labute approximate surface area is 158 Å². The highest BCUT2D eigenvalue weighted by atomic mass is 32.1. The second-order valence-electron chi connectivity index (χ2n) is 6.57. The number of hydrogen-bond acceptors (Lipinski definition) is 5. The van der Waals surface area contributed by atoms with E-state index in [-0.39, 0.29) is 6.04 Å². The third kappa shape index (κ3) is 3.42. The van der Waals surface area contributed by atoms with E-state index in [4.69, 9.17) is 10.1 Å². The number of nitrogens with zero attached hydrogens (tertiary/aromatic N) is 4. The van der Waals surface area contributed by atoms with Gasteiger partial charge in [-0.1, -0.05) is 18.7 Å². The van der Waals surface area contributed by atoms with Crippen LogP contribution < -0.4 is 5.32 Å². The van der Waals surface area contributed by atoms with Crippen LogP contribution >= 0.6 is 11.3 Å². The number of allylic oxidation sites excluding steroid dienone is 1. The van der Waals surface area contributed by atoms with Crippen LogP contribution in [0.3, 0.4) is 0 Å². The summed E-state index contributed by atoms with van der Waals surface area (Å²) < 4.78 is 2.04. The molecule has 0 saturated carbocycles. The predicted molar refractivity (Wildman–Crippen MR) is 111 cm³/mol.